The highest BCUT2D eigenvalue weighted by Crippen LogP contribution is 2.22. The summed E-state index contributed by atoms with van der Waals surface area (Å²) >= 11 is 6.11. The molecule has 0 aliphatic carbocycles. The lowest BCUT2D eigenvalue weighted by atomic mass is 10.2. The summed E-state index contributed by atoms with van der Waals surface area (Å²) in [7, 11) is 1.64. The Kier molecular flexibility index (Phi) is 5.13. The van der Waals surface area contributed by atoms with Crippen LogP contribution in [0.5, 0.6) is 11.5 Å². The zero-order valence-electron chi connectivity index (χ0n) is 11.7. The summed E-state index contributed by atoms with van der Waals surface area (Å²) in [5, 5.41) is 3.99. The third kappa shape index (κ3) is 4.07. The van der Waals surface area contributed by atoms with Crippen molar-refractivity contribution in [1.29, 1.82) is 0 Å². The molecule has 3 nitrogen and oxygen atoms in total. The normalized spacial score (nSPS) is 10.2. The van der Waals surface area contributed by atoms with Gasteiger partial charge in [0.15, 0.2) is 0 Å². The van der Waals surface area contributed by atoms with Crippen LogP contribution in [0.4, 0.5) is 5.69 Å². The zero-order valence-corrected chi connectivity index (χ0v) is 12.4. The lowest BCUT2D eigenvalue weighted by molar-refractivity contribution is 0.332. The van der Waals surface area contributed by atoms with Gasteiger partial charge in [0.25, 0.3) is 0 Å². The smallest absolute Gasteiger partial charge is 0.119 e. The minimum atomic E-state index is 0.566. The van der Waals surface area contributed by atoms with Gasteiger partial charge in [-0.15, -0.1) is 0 Å². The van der Waals surface area contributed by atoms with Crippen LogP contribution in [0.3, 0.4) is 0 Å². The fourth-order valence-electron chi connectivity index (χ4n) is 1.80. The van der Waals surface area contributed by atoms with Gasteiger partial charge in [0, 0.05) is 6.54 Å². The van der Waals surface area contributed by atoms with E-state index in [9.17, 15) is 0 Å². The molecule has 0 heterocycles. The SMILES string of the molecule is COc1ccc(OCCNc2cc(C)ccc2Cl)cc1. The van der Waals surface area contributed by atoms with Crippen molar-refractivity contribution in [2.45, 2.75) is 6.92 Å². The highest BCUT2D eigenvalue weighted by molar-refractivity contribution is 6.33. The van der Waals surface area contributed by atoms with Crippen LogP contribution < -0.4 is 14.8 Å². The van der Waals surface area contributed by atoms with Crippen molar-refractivity contribution >= 4 is 17.3 Å². The number of aryl methyl sites for hydroxylation is 1. The quantitative estimate of drug-likeness (QED) is 0.811. The third-order valence-corrected chi connectivity index (χ3v) is 3.20. The zero-order chi connectivity index (χ0) is 14.4. The summed E-state index contributed by atoms with van der Waals surface area (Å²) in [6.07, 6.45) is 0. The van der Waals surface area contributed by atoms with Crippen molar-refractivity contribution in [3.8, 4) is 11.5 Å². The molecule has 0 radical (unpaired) electrons. The van der Waals surface area contributed by atoms with Gasteiger partial charge in [-0.3, -0.25) is 0 Å². The van der Waals surface area contributed by atoms with Gasteiger partial charge in [0.1, 0.15) is 18.1 Å². The van der Waals surface area contributed by atoms with Gasteiger partial charge in [-0.2, -0.15) is 0 Å². The van der Waals surface area contributed by atoms with Crippen LogP contribution in [0.2, 0.25) is 5.02 Å². The molecule has 0 aromatic heterocycles. The van der Waals surface area contributed by atoms with E-state index >= 15 is 0 Å². The maximum atomic E-state index is 6.11. The molecular weight excluding hydrogens is 274 g/mol. The third-order valence-electron chi connectivity index (χ3n) is 2.87. The number of ether oxygens (including phenoxy) is 2. The van der Waals surface area contributed by atoms with Crippen molar-refractivity contribution in [1.82, 2.24) is 0 Å². The van der Waals surface area contributed by atoms with Crippen molar-refractivity contribution in [2.24, 2.45) is 0 Å². The lowest BCUT2D eigenvalue weighted by Gasteiger charge is -2.11. The molecule has 1 N–H and O–H groups in total. The van der Waals surface area contributed by atoms with Gasteiger partial charge in [-0.05, 0) is 48.9 Å². The van der Waals surface area contributed by atoms with Gasteiger partial charge >= 0.3 is 0 Å². The molecule has 0 aliphatic rings. The monoisotopic (exact) mass is 291 g/mol. The molecule has 0 fully saturated rings. The fraction of sp³-hybridized carbons (Fsp3) is 0.250. The summed E-state index contributed by atoms with van der Waals surface area (Å²) in [5.74, 6) is 1.64. The second-order valence-electron chi connectivity index (χ2n) is 4.43. The Morgan fingerprint density at radius 2 is 1.75 bits per heavy atom. The Balaban J connectivity index is 1.79. The van der Waals surface area contributed by atoms with Crippen LogP contribution >= 0.6 is 11.6 Å². The molecule has 0 spiro atoms. The van der Waals surface area contributed by atoms with Gasteiger partial charge in [0.05, 0.1) is 17.8 Å². The molecule has 0 bridgehead atoms. The van der Waals surface area contributed by atoms with E-state index in [0.717, 1.165) is 22.2 Å². The van der Waals surface area contributed by atoms with Gasteiger partial charge in [-0.1, -0.05) is 17.7 Å². The Bertz CT molecular complexity index is 555. The minimum absolute atomic E-state index is 0.566. The van der Waals surface area contributed by atoms with E-state index in [2.05, 4.69) is 5.32 Å². The second kappa shape index (κ2) is 7.06. The minimum Gasteiger partial charge on any atom is -0.497 e. The number of nitrogens with one attached hydrogen (secondary N) is 1. The molecule has 2 rings (SSSR count). The predicted molar refractivity (Wildman–Crippen MR) is 83.2 cm³/mol. The Morgan fingerprint density at radius 3 is 2.45 bits per heavy atom. The van der Waals surface area contributed by atoms with Gasteiger partial charge < -0.3 is 14.8 Å². The van der Waals surface area contributed by atoms with Crippen LogP contribution in [0.1, 0.15) is 5.56 Å². The number of anilines is 1. The van der Waals surface area contributed by atoms with E-state index in [0.29, 0.717) is 13.2 Å². The Morgan fingerprint density at radius 1 is 1.05 bits per heavy atom. The molecule has 2 aromatic carbocycles. The molecule has 0 saturated heterocycles. The molecular formula is C16H18ClNO2. The summed E-state index contributed by atoms with van der Waals surface area (Å²) < 4.78 is 10.7. The first-order chi connectivity index (χ1) is 9.69. The number of halogens is 1. The number of hydrogen-bond acceptors (Lipinski definition) is 3. The fourth-order valence-corrected chi connectivity index (χ4v) is 1.99. The molecule has 4 heteroatoms. The summed E-state index contributed by atoms with van der Waals surface area (Å²) in [6.45, 7) is 3.29. The molecule has 0 amide bonds. The van der Waals surface area contributed by atoms with Crippen molar-refractivity contribution in [2.75, 3.05) is 25.6 Å². The summed E-state index contributed by atoms with van der Waals surface area (Å²) in [4.78, 5) is 0. The van der Waals surface area contributed by atoms with Crippen LogP contribution in [0, 0.1) is 6.92 Å². The van der Waals surface area contributed by atoms with Gasteiger partial charge in [-0.25, -0.2) is 0 Å². The summed E-state index contributed by atoms with van der Waals surface area (Å²) in [6, 6.07) is 13.4. The molecule has 2 aromatic rings. The predicted octanol–water partition coefficient (Wildman–Crippen LogP) is 4.15. The molecule has 106 valence electrons. The van der Waals surface area contributed by atoms with E-state index in [-0.39, 0.29) is 0 Å². The maximum Gasteiger partial charge on any atom is 0.119 e. The largest absolute Gasteiger partial charge is 0.497 e. The van der Waals surface area contributed by atoms with E-state index in [4.69, 9.17) is 21.1 Å². The van der Waals surface area contributed by atoms with Crippen LogP contribution in [0.25, 0.3) is 0 Å². The summed E-state index contributed by atoms with van der Waals surface area (Å²) in [5.41, 5.74) is 2.11. The number of methoxy groups -OCH3 is 1. The Hall–Kier alpha value is -1.87. The average Bonchev–Trinajstić information content (AvgIpc) is 2.47. The first-order valence-electron chi connectivity index (χ1n) is 6.46. The highest BCUT2D eigenvalue weighted by Gasteiger charge is 2.00. The highest BCUT2D eigenvalue weighted by atomic mass is 35.5. The Labute approximate surface area is 124 Å². The van der Waals surface area contributed by atoms with Gasteiger partial charge in [0.2, 0.25) is 0 Å². The molecule has 0 aliphatic heterocycles. The van der Waals surface area contributed by atoms with Crippen LogP contribution in [-0.4, -0.2) is 20.3 Å². The van der Waals surface area contributed by atoms with E-state index in [1.54, 1.807) is 7.11 Å². The molecule has 0 unspecified atom stereocenters. The van der Waals surface area contributed by atoms with E-state index in [1.165, 1.54) is 5.56 Å². The van der Waals surface area contributed by atoms with Crippen molar-refractivity contribution in [3.63, 3.8) is 0 Å². The molecule has 0 atom stereocenters. The first kappa shape index (κ1) is 14.5. The molecule has 20 heavy (non-hydrogen) atoms. The molecule has 0 saturated carbocycles. The number of benzene rings is 2. The van der Waals surface area contributed by atoms with Crippen molar-refractivity contribution in [3.05, 3.63) is 53.1 Å². The number of rotatable bonds is 6. The van der Waals surface area contributed by atoms with Crippen LogP contribution in [-0.2, 0) is 0 Å². The topological polar surface area (TPSA) is 30.5 Å². The van der Waals surface area contributed by atoms with E-state index < -0.39 is 0 Å². The average molecular weight is 292 g/mol. The standard InChI is InChI=1S/C16H18ClNO2/c1-12-3-8-15(17)16(11-12)18-9-10-20-14-6-4-13(19-2)5-7-14/h3-8,11,18H,9-10H2,1-2H3. The second-order valence-corrected chi connectivity index (χ2v) is 4.84. The lowest BCUT2D eigenvalue weighted by Crippen LogP contribution is -2.11. The van der Waals surface area contributed by atoms with E-state index in [1.807, 2.05) is 49.4 Å². The number of hydrogen-bond donors (Lipinski definition) is 1. The van der Waals surface area contributed by atoms with Crippen molar-refractivity contribution < 1.29 is 9.47 Å². The first-order valence-corrected chi connectivity index (χ1v) is 6.84. The maximum absolute atomic E-state index is 6.11. The van der Waals surface area contributed by atoms with Crippen LogP contribution in [0.15, 0.2) is 42.5 Å².